The van der Waals surface area contributed by atoms with E-state index < -0.39 is 0 Å². The lowest BCUT2D eigenvalue weighted by atomic mass is 10.0. The first-order valence-electron chi connectivity index (χ1n) is 9.85. The molecule has 2 amide bonds. The van der Waals surface area contributed by atoms with Crippen molar-refractivity contribution in [3.63, 3.8) is 0 Å². The summed E-state index contributed by atoms with van der Waals surface area (Å²) in [6.45, 7) is 2.69. The van der Waals surface area contributed by atoms with Crippen molar-refractivity contribution in [2.24, 2.45) is 5.92 Å². The van der Waals surface area contributed by atoms with Gasteiger partial charge in [-0.2, -0.15) is 0 Å². The Kier molecular flexibility index (Phi) is 4.99. The number of benzene rings is 2. The predicted molar refractivity (Wildman–Crippen MR) is 109 cm³/mol. The Hall–Kier alpha value is -2.95. The molecule has 0 atom stereocenters. The third kappa shape index (κ3) is 3.98. The number of fused-ring (bicyclic) bond motifs is 1. The molecule has 1 aliphatic carbocycles. The van der Waals surface area contributed by atoms with Crippen LogP contribution < -0.4 is 10.2 Å². The maximum Gasteiger partial charge on any atom is 0.230 e. The van der Waals surface area contributed by atoms with Crippen LogP contribution in [0, 0.1) is 12.8 Å². The van der Waals surface area contributed by atoms with Crippen molar-refractivity contribution in [2.45, 2.75) is 39.0 Å². The number of nitrogens with one attached hydrogen (secondary N) is 1. The summed E-state index contributed by atoms with van der Waals surface area (Å²) in [4.78, 5) is 38.7. The van der Waals surface area contributed by atoms with Gasteiger partial charge in [-0.15, -0.1) is 0 Å². The van der Waals surface area contributed by atoms with Crippen LogP contribution in [0.25, 0.3) is 0 Å². The van der Waals surface area contributed by atoms with Gasteiger partial charge in [0, 0.05) is 42.2 Å². The minimum atomic E-state index is -0.177. The Labute approximate surface area is 164 Å². The second-order valence-electron chi connectivity index (χ2n) is 7.70. The monoisotopic (exact) mass is 376 g/mol. The zero-order valence-corrected chi connectivity index (χ0v) is 16.0. The van der Waals surface area contributed by atoms with E-state index in [-0.39, 0.29) is 36.4 Å². The summed E-state index contributed by atoms with van der Waals surface area (Å²) in [5.41, 5.74) is 4.50. The smallest absolute Gasteiger partial charge is 0.230 e. The molecule has 2 aromatic carbocycles. The minimum Gasteiger partial charge on any atom is -0.326 e. The third-order valence-electron chi connectivity index (χ3n) is 5.40. The fraction of sp³-hybridized carbons (Fsp3) is 0.348. The number of Topliss-reactive ketones (excluding diaryl/α,β-unsaturated/α-hetero) is 1. The molecule has 144 valence electrons. The summed E-state index contributed by atoms with van der Waals surface area (Å²) < 4.78 is 0. The van der Waals surface area contributed by atoms with Gasteiger partial charge in [0.2, 0.25) is 11.8 Å². The maximum absolute atomic E-state index is 12.3. The van der Waals surface area contributed by atoms with E-state index in [9.17, 15) is 14.4 Å². The molecule has 1 aliphatic heterocycles. The SMILES string of the molecule is Cc1ccc(C(=O)CCC(=O)Nc2ccc3c(c2)CCN3C(=O)C2CC2)cc1. The zero-order valence-electron chi connectivity index (χ0n) is 16.0. The van der Waals surface area contributed by atoms with Gasteiger partial charge >= 0.3 is 0 Å². The van der Waals surface area contributed by atoms with Crippen LogP contribution in [0.5, 0.6) is 0 Å². The molecule has 0 unspecified atom stereocenters. The number of hydrogen-bond acceptors (Lipinski definition) is 3. The lowest BCUT2D eigenvalue weighted by Crippen LogP contribution is -2.30. The molecule has 1 N–H and O–H groups in total. The van der Waals surface area contributed by atoms with Crippen LogP contribution in [0.1, 0.15) is 47.2 Å². The predicted octanol–water partition coefficient (Wildman–Crippen LogP) is 3.90. The molecule has 5 nitrogen and oxygen atoms in total. The van der Waals surface area contributed by atoms with E-state index in [4.69, 9.17) is 0 Å². The molecule has 2 aromatic rings. The van der Waals surface area contributed by atoms with Gasteiger partial charge in [0.1, 0.15) is 0 Å². The largest absolute Gasteiger partial charge is 0.326 e. The summed E-state index contributed by atoms with van der Waals surface area (Å²) >= 11 is 0. The summed E-state index contributed by atoms with van der Waals surface area (Å²) in [7, 11) is 0. The molecule has 0 bridgehead atoms. The number of carbonyl (C=O) groups is 3. The van der Waals surface area contributed by atoms with Crippen molar-refractivity contribution in [2.75, 3.05) is 16.8 Å². The second kappa shape index (κ2) is 7.58. The second-order valence-corrected chi connectivity index (χ2v) is 7.70. The Bertz CT molecular complexity index is 929. The highest BCUT2D eigenvalue weighted by Gasteiger charge is 2.36. The van der Waals surface area contributed by atoms with Gasteiger partial charge in [-0.3, -0.25) is 14.4 Å². The Morgan fingerprint density at radius 2 is 1.79 bits per heavy atom. The number of anilines is 2. The Morgan fingerprint density at radius 3 is 2.50 bits per heavy atom. The summed E-state index contributed by atoms with van der Waals surface area (Å²) in [5.74, 6) is 0.226. The van der Waals surface area contributed by atoms with Crippen LogP contribution in [0.2, 0.25) is 0 Å². The number of aryl methyl sites for hydroxylation is 1. The number of amides is 2. The molecule has 0 saturated heterocycles. The highest BCUT2D eigenvalue weighted by Crippen LogP contribution is 2.37. The lowest BCUT2D eigenvalue weighted by molar-refractivity contribution is -0.119. The molecule has 0 aromatic heterocycles. The molecule has 1 saturated carbocycles. The molecule has 2 aliphatic rings. The van der Waals surface area contributed by atoms with Crippen LogP contribution in [-0.4, -0.2) is 24.1 Å². The van der Waals surface area contributed by atoms with E-state index in [1.807, 2.05) is 42.2 Å². The van der Waals surface area contributed by atoms with Crippen molar-refractivity contribution in [3.05, 3.63) is 59.2 Å². The summed E-state index contributed by atoms with van der Waals surface area (Å²) in [5, 5.41) is 2.87. The molecule has 5 heteroatoms. The van der Waals surface area contributed by atoms with E-state index in [0.717, 1.165) is 36.1 Å². The topological polar surface area (TPSA) is 66.5 Å². The van der Waals surface area contributed by atoms with E-state index in [2.05, 4.69) is 5.32 Å². The van der Waals surface area contributed by atoms with Crippen LogP contribution in [0.15, 0.2) is 42.5 Å². The summed E-state index contributed by atoms with van der Waals surface area (Å²) in [6.07, 6.45) is 3.14. The highest BCUT2D eigenvalue weighted by atomic mass is 16.2. The number of hydrogen-bond donors (Lipinski definition) is 1. The van der Waals surface area contributed by atoms with Gasteiger partial charge in [-0.1, -0.05) is 29.8 Å². The van der Waals surface area contributed by atoms with Crippen molar-refractivity contribution in [1.29, 1.82) is 0 Å². The molecule has 1 heterocycles. The van der Waals surface area contributed by atoms with Crippen LogP contribution >= 0.6 is 0 Å². The summed E-state index contributed by atoms with van der Waals surface area (Å²) in [6, 6.07) is 13.1. The number of nitrogens with zero attached hydrogens (tertiary/aromatic N) is 1. The van der Waals surface area contributed by atoms with Gasteiger partial charge in [-0.05, 0) is 49.9 Å². The molecular formula is C23H24N2O3. The molecule has 4 rings (SSSR count). The normalized spacial score (nSPS) is 15.2. The van der Waals surface area contributed by atoms with Crippen molar-refractivity contribution in [3.8, 4) is 0 Å². The molecule has 28 heavy (non-hydrogen) atoms. The van der Waals surface area contributed by atoms with E-state index in [1.54, 1.807) is 12.1 Å². The van der Waals surface area contributed by atoms with Crippen molar-refractivity contribution >= 4 is 29.0 Å². The van der Waals surface area contributed by atoms with Crippen LogP contribution in [0.3, 0.4) is 0 Å². The minimum absolute atomic E-state index is 0.0293. The molecule has 0 spiro atoms. The quantitative estimate of drug-likeness (QED) is 0.778. The van der Waals surface area contributed by atoms with Gasteiger partial charge in [-0.25, -0.2) is 0 Å². The lowest BCUT2D eigenvalue weighted by Gasteiger charge is -2.17. The third-order valence-corrected chi connectivity index (χ3v) is 5.40. The first-order valence-corrected chi connectivity index (χ1v) is 9.85. The zero-order chi connectivity index (χ0) is 19.7. The fourth-order valence-corrected chi connectivity index (χ4v) is 3.59. The average molecular weight is 376 g/mol. The Balaban J connectivity index is 1.33. The average Bonchev–Trinajstić information content (AvgIpc) is 3.46. The first kappa shape index (κ1) is 18.4. The molecule has 0 radical (unpaired) electrons. The number of ketones is 1. The molecule has 1 fully saturated rings. The standard InChI is InChI=1S/C23H24N2O3/c1-15-2-4-16(5-3-15)21(26)10-11-22(27)24-19-8-9-20-18(14-19)12-13-25(20)23(28)17-6-7-17/h2-5,8-9,14,17H,6-7,10-13H2,1H3,(H,24,27). The maximum atomic E-state index is 12.3. The number of carbonyl (C=O) groups excluding carboxylic acids is 3. The first-order chi connectivity index (χ1) is 13.5. The molecular weight excluding hydrogens is 352 g/mol. The van der Waals surface area contributed by atoms with E-state index in [1.165, 1.54) is 0 Å². The van der Waals surface area contributed by atoms with Gasteiger partial charge in [0.05, 0.1) is 0 Å². The highest BCUT2D eigenvalue weighted by molar-refractivity contribution is 6.01. The fourth-order valence-electron chi connectivity index (χ4n) is 3.59. The van der Waals surface area contributed by atoms with Crippen LogP contribution in [-0.2, 0) is 16.0 Å². The Morgan fingerprint density at radius 1 is 1.04 bits per heavy atom. The van der Waals surface area contributed by atoms with Crippen molar-refractivity contribution < 1.29 is 14.4 Å². The van der Waals surface area contributed by atoms with Gasteiger partial charge in [0.25, 0.3) is 0 Å². The van der Waals surface area contributed by atoms with Gasteiger partial charge < -0.3 is 10.2 Å². The number of rotatable bonds is 6. The van der Waals surface area contributed by atoms with Crippen molar-refractivity contribution in [1.82, 2.24) is 0 Å². The van der Waals surface area contributed by atoms with Gasteiger partial charge in [0.15, 0.2) is 5.78 Å². The van der Waals surface area contributed by atoms with E-state index >= 15 is 0 Å². The van der Waals surface area contributed by atoms with E-state index in [0.29, 0.717) is 17.8 Å². The van der Waals surface area contributed by atoms with Crippen LogP contribution in [0.4, 0.5) is 11.4 Å².